The molecule has 0 heterocycles. The van der Waals surface area contributed by atoms with Crippen LogP contribution in [0.25, 0.3) is 0 Å². The van der Waals surface area contributed by atoms with Crippen molar-refractivity contribution in [2.75, 3.05) is 0 Å². The van der Waals surface area contributed by atoms with Crippen molar-refractivity contribution in [1.82, 2.24) is 5.43 Å². The Kier molecular flexibility index (Phi) is 3.69. The molecule has 0 bridgehead atoms. The van der Waals surface area contributed by atoms with Gasteiger partial charge in [-0.25, -0.2) is 14.2 Å². The van der Waals surface area contributed by atoms with E-state index in [0.717, 1.165) is 5.56 Å². The first-order valence-corrected chi connectivity index (χ1v) is 5.59. The van der Waals surface area contributed by atoms with Crippen molar-refractivity contribution >= 4 is 0 Å². The Bertz CT molecular complexity index is 555. The van der Waals surface area contributed by atoms with Crippen molar-refractivity contribution < 1.29 is 8.78 Å². The van der Waals surface area contributed by atoms with Gasteiger partial charge in [0.05, 0.1) is 6.04 Å². The lowest BCUT2D eigenvalue weighted by atomic mass is 9.97. The molecule has 0 spiro atoms. The molecule has 0 saturated carbocycles. The molecule has 0 radical (unpaired) electrons. The molecule has 4 heteroatoms. The molecule has 2 rings (SSSR count). The van der Waals surface area contributed by atoms with Crippen molar-refractivity contribution in [3.63, 3.8) is 0 Å². The summed E-state index contributed by atoms with van der Waals surface area (Å²) in [5.41, 5.74) is 4.43. The summed E-state index contributed by atoms with van der Waals surface area (Å²) in [6.07, 6.45) is 0. The van der Waals surface area contributed by atoms with Gasteiger partial charge in [0, 0.05) is 5.56 Å². The lowest BCUT2D eigenvalue weighted by Crippen LogP contribution is -2.29. The van der Waals surface area contributed by atoms with Crippen LogP contribution in [0.15, 0.2) is 42.5 Å². The predicted octanol–water partition coefficient (Wildman–Crippen LogP) is 2.83. The summed E-state index contributed by atoms with van der Waals surface area (Å²) in [6.45, 7) is 1.86. The minimum Gasteiger partial charge on any atom is -0.271 e. The minimum atomic E-state index is -0.569. The summed E-state index contributed by atoms with van der Waals surface area (Å²) < 4.78 is 27.0. The first kappa shape index (κ1) is 12.7. The molecule has 0 aliphatic carbocycles. The van der Waals surface area contributed by atoms with Crippen LogP contribution >= 0.6 is 0 Å². The third kappa shape index (κ3) is 2.55. The standard InChI is InChI=1S/C14H14F2N2/c1-9-5-6-13(16)12(7-9)14(18-17)10-3-2-4-11(15)8-10/h2-8,14,18H,17H2,1H3. The number of hydrogen-bond acceptors (Lipinski definition) is 2. The van der Waals surface area contributed by atoms with E-state index in [1.165, 1.54) is 18.2 Å². The zero-order valence-corrected chi connectivity index (χ0v) is 9.95. The Balaban J connectivity index is 2.48. The van der Waals surface area contributed by atoms with Crippen LogP contribution < -0.4 is 11.3 Å². The van der Waals surface area contributed by atoms with Gasteiger partial charge in [0.15, 0.2) is 0 Å². The topological polar surface area (TPSA) is 38.0 Å². The van der Waals surface area contributed by atoms with Crippen LogP contribution in [-0.2, 0) is 0 Å². The highest BCUT2D eigenvalue weighted by Gasteiger charge is 2.17. The van der Waals surface area contributed by atoms with Crippen LogP contribution in [0.3, 0.4) is 0 Å². The molecule has 1 atom stereocenters. The monoisotopic (exact) mass is 248 g/mol. The highest BCUT2D eigenvalue weighted by Crippen LogP contribution is 2.25. The summed E-state index contributed by atoms with van der Waals surface area (Å²) in [4.78, 5) is 0. The fourth-order valence-electron chi connectivity index (χ4n) is 1.94. The average molecular weight is 248 g/mol. The maximum atomic E-state index is 13.8. The second kappa shape index (κ2) is 5.25. The van der Waals surface area contributed by atoms with Crippen molar-refractivity contribution in [2.45, 2.75) is 13.0 Å². The molecule has 0 amide bonds. The number of halogens is 2. The average Bonchev–Trinajstić information content (AvgIpc) is 2.35. The Hall–Kier alpha value is -1.78. The van der Waals surface area contributed by atoms with Crippen LogP contribution in [0.2, 0.25) is 0 Å². The molecule has 0 aromatic heterocycles. The summed E-state index contributed by atoms with van der Waals surface area (Å²) in [5, 5.41) is 0. The largest absolute Gasteiger partial charge is 0.271 e. The van der Waals surface area contributed by atoms with E-state index in [-0.39, 0.29) is 11.6 Å². The number of nitrogens with one attached hydrogen (secondary N) is 1. The molecule has 0 aliphatic heterocycles. The predicted molar refractivity (Wildman–Crippen MR) is 66.7 cm³/mol. The third-order valence-electron chi connectivity index (χ3n) is 2.81. The second-order valence-corrected chi connectivity index (χ2v) is 4.18. The highest BCUT2D eigenvalue weighted by molar-refractivity contribution is 5.35. The van der Waals surface area contributed by atoms with Crippen molar-refractivity contribution in [3.8, 4) is 0 Å². The van der Waals surface area contributed by atoms with Gasteiger partial charge in [0.1, 0.15) is 11.6 Å². The van der Waals surface area contributed by atoms with Crippen molar-refractivity contribution in [3.05, 3.63) is 70.8 Å². The summed E-state index contributed by atoms with van der Waals surface area (Å²) >= 11 is 0. The Labute approximate surface area is 104 Å². The molecule has 2 nitrogen and oxygen atoms in total. The number of nitrogens with two attached hydrogens (primary N) is 1. The lowest BCUT2D eigenvalue weighted by molar-refractivity contribution is 0.555. The molecule has 94 valence electrons. The van der Waals surface area contributed by atoms with E-state index in [0.29, 0.717) is 11.1 Å². The van der Waals surface area contributed by atoms with Gasteiger partial charge in [-0.15, -0.1) is 0 Å². The van der Waals surface area contributed by atoms with Crippen LogP contribution in [0.5, 0.6) is 0 Å². The summed E-state index contributed by atoms with van der Waals surface area (Å²) in [7, 11) is 0. The van der Waals surface area contributed by atoms with Gasteiger partial charge in [0.25, 0.3) is 0 Å². The van der Waals surface area contributed by atoms with Crippen LogP contribution in [-0.4, -0.2) is 0 Å². The Morgan fingerprint density at radius 3 is 2.56 bits per heavy atom. The van der Waals surface area contributed by atoms with Crippen LogP contribution in [0.4, 0.5) is 8.78 Å². The number of aryl methyl sites for hydroxylation is 1. The van der Waals surface area contributed by atoms with E-state index < -0.39 is 6.04 Å². The van der Waals surface area contributed by atoms with Crippen molar-refractivity contribution in [2.24, 2.45) is 5.84 Å². The molecule has 0 saturated heterocycles. The zero-order valence-electron chi connectivity index (χ0n) is 9.95. The molecule has 1 unspecified atom stereocenters. The second-order valence-electron chi connectivity index (χ2n) is 4.18. The summed E-state index contributed by atoms with van der Waals surface area (Å²) in [5.74, 6) is 4.72. The van der Waals surface area contributed by atoms with E-state index >= 15 is 0 Å². The van der Waals surface area contributed by atoms with E-state index in [4.69, 9.17) is 5.84 Å². The molecule has 18 heavy (non-hydrogen) atoms. The smallest absolute Gasteiger partial charge is 0.128 e. The van der Waals surface area contributed by atoms with E-state index in [9.17, 15) is 8.78 Å². The molecule has 3 N–H and O–H groups in total. The minimum absolute atomic E-state index is 0.368. The first-order chi connectivity index (χ1) is 8.61. The first-order valence-electron chi connectivity index (χ1n) is 5.59. The highest BCUT2D eigenvalue weighted by atomic mass is 19.1. The molecule has 0 aliphatic rings. The van der Waals surface area contributed by atoms with Gasteiger partial charge < -0.3 is 0 Å². The Morgan fingerprint density at radius 2 is 1.89 bits per heavy atom. The Morgan fingerprint density at radius 1 is 1.11 bits per heavy atom. The molecule has 2 aromatic carbocycles. The van der Waals surface area contributed by atoms with Gasteiger partial charge >= 0.3 is 0 Å². The number of hydrazine groups is 1. The maximum Gasteiger partial charge on any atom is 0.128 e. The van der Waals surface area contributed by atoms with Gasteiger partial charge in [-0.1, -0.05) is 29.8 Å². The summed E-state index contributed by atoms with van der Waals surface area (Å²) in [6, 6.07) is 10.1. The molecule has 2 aromatic rings. The van der Waals surface area contributed by atoms with Gasteiger partial charge in [0.2, 0.25) is 0 Å². The maximum absolute atomic E-state index is 13.8. The fourth-order valence-corrected chi connectivity index (χ4v) is 1.94. The third-order valence-corrected chi connectivity index (χ3v) is 2.81. The fraction of sp³-hybridized carbons (Fsp3) is 0.143. The quantitative estimate of drug-likeness (QED) is 0.647. The number of rotatable bonds is 3. The van der Waals surface area contributed by atoms with Gasteiger partial charge in [-0.05, 0) is 30.7 Å². The van der Waals surface area contributed by atoms with Gasteiger partial charge in [-0.2, -0.15) is 0 Å². The molecule has 0 fully saturated rings. The lowest BCUT2D eigenvalue weighted by Gasteiger charge is -2.18. The SMILES string of the molecule is Cc1ccc(F)c(C(NN)c2cccc(F)c2)c1. The number of hydrogen-bond donors (Lipinski definition) is 2. The normalized spacial score (nSPS) is 12.4. The van der Waals surface area contributed by atoms with E-state index in [1.807, 2.05) is 6.92 Å². The van der Waals surface area contributed by atoms with E-state index in [2.05, 4.69) is 5.43 Å². The van der Waals surface area contributed by atoms with Crippen LogP contribution in [0, 0.1) is 18.6 Å². The molecular weight excluding hydrogens is 234 g/mol. The number of benzene rings is 2. The van der Waals surface area contributed by atoms with E-state index in [1.54, 1.807) is 24.3 Å². The molecular formula is C14H14F2N2. The zero-order chi connectivity index (χ0) is 13.1. The van der Waals surface area contributed by atoms with Gasteiger partial charge in [-0.3, -0.25) is 5.84 Å². The van der Waals surface area contributed by atoms with Crippen LogP contribution in [0.1, 0.15) is 22.7 Å². The van der Waals surface area contributed by atoms with Crippen molar-refractivity contribution in [1.29, 1.82) is 0 Å².